The predicted molar refractivity (Wildman–Crippen MR) is 66.2 cm³/mol. The molecule has 1 aromatic carbocycles. The van der Waals surface area contributed by atoms with Crippen molar-refractivity contribution >= 4 is 0 Å². The fourth-order valence-electron chi connectivity index (χ4n) is 2.35. The summed E-state index contributed by atoms with van der Waals surface area (Å²) in [5, 5.41) is 0. The number of hydrogen-bond acceptors (Lipinski definition) is 2. The average Bonchev–Trinajstić information content (AvgIpc) is 2.30. The molecular weight excluding hydrogens is 217 g/mol. The summed E-state index contributed by atoms with van der Waals surface area (Å²) in [6, 6.07) is 4.97. The van der Waals surface area contributed by atoms with Crippen molar-refractivity contribution in [2.24, 2.45) is 5.73 Å². The fraction of sp³-hybridized carbons (Fsp3) is 0.571. The van der Waals surface area contributed by atoms with E-state index in [1.807, 2.05) is 6.92 Å². The molecule has 94 valence electrons. The van der Waals surface area contributed by atoms with Crippen LogP contribution < -0.4 is 5.73 Å². The van der Waals surface area contributed by atoms with Gasteiger partial charge < -0.3 is 10.5 Å². The molecule has 2 unspecified atom stereocenters. The normalized spacial score (nSPS) is 24.9. The summed E-state index contributed by atoms with van der Waals surface area (Å²) in [6.45, 7) is 2.44. The van der Waals surface area contributed by atoms with E-state index in [1.165, 1.54) is 18.9 Å². The van der Waals surface area contributed by atoms with Gasteiger partial charge in [-0.25, -0.2) is 4.39 Å². The molecule has 2 nitrogen and oxygen atoms in total. The zero-order valence-electron chi connectivity index (χ0n) is 10.3. The van der Waals surface area contributed by atoms with Crippen molar-refractivity contribution in [3.8, 4) is 0 Å². The maximum atomic E-state index is 12.9. The number of ether oxygens (including phenoxy) is 1. The summed E-state index contributed by atoms with van der Waals surface area (Å²) in [4.78, 5) is 0. The van der Waals surface area contributed by atoms with Gasteiger partial charge in [0, 0.05) is 6.04 Å². The number of rotatable bonds is 3. The van der Waals surface area contributed by atoms with Gasteiger partial charge >= 0.3 is 0 Å². The van der Waals surface area contributed by atoms with Crippen LogP contribution >= 0.6 is 0 Å². The number of hydrogen-bond donors (Lipinski definition) is 1. The first-order valence-electron chi connectivity index (χ1n) is 6.29. The van der Waals surface area contributed by atoms with Crippen molar-refractivity contribution in [1.29, 1.82) is 0 Å². The SMILES string of the molecule is Cc1cc(F)ccc1COC1CCCCC1N. The van der Waals surface area contributed by atoms with Crippen LogP contribution in [0.1, 0.15) is 36.8 Å². The number of aryl methyl sites for hydroxylation is 1. The Morgan fingerprint density at radius 1 is 1.35 bits per heavy atom. The van der Waals surface area contributed by atoms with Crippen LogP contribution in [0, 0.1) is 12.7 Å². The molecule has 1 aromatic rings. The Hall–Kier alpha value is -0.930. The first-order chi connectivity index (χ1) is 8.16. The van der Waals surface area contributed by atoms with Crippen molar-refractivity contribution in [1.82, 2.24) is 0 Å². The van der Waals surface area contributed by atoms with Crippen LogP contribution in [-0.2, 0) is 11.3 Å². The van der Waals surface area contributed by atoms with Crippen molar-refractivity contribution in [2.75, 3.05) is 0 Å². The summed E-state index contributed by atoms with van der Waals surface area (Å²) in [7, 11) is 0. The molecule has 0 spiro atoms. The maximum absolute atomic E-state index is 12.9. The van der Waals surface area contributed by atoms with E-state index in [9.17, 15) is 4.39 Å². The van der Waals surface area contributed by atoms with Gasteiger partial charge in [-0.2, -0.15) is 0 Å². The smallest absolute Gasteiger partial charge is 0.123 e. The molecular formula is C14H20FNO. The van der Waals surface area contributed by atoms with E-state index in [1.54, 1.807) is 12.1 Å². The molecule has 17 heavy (non-hydrogen) atoms. The molecule has 2 rings (SSSR count). The topological polar surface area (TPSA) is 35.2 Å². The van der Waals surface area contributed by atoms with Gasteiger partial charge in [0.2, 0.25) is 0 Å². The summed E-state index contributed by atoms with van der Waals surface area (Å²) in [5.41, 5.74) is 8.01. The van der Waals surface area contributed by atoms with Crippen molar-refractivity contribution in [3.05, 3.63) is 35.1 Å². The largest absolute Gasteiger partial charge is 0.372 e. The highest BCUT2D eigenvalue weighted by Gasteiger charge is 2.22. The lowest BCUT2D eigenvalue weighted by atomic mass is 9.93. The third-order valence-corrected chi connectivity index (χ3v) is 3.51. The number of halogens is 1. The highest BCUT2D eigenvalue weighted by Crippen LogP contribution is 2.21. The average molecular weight is 237 g/mol. The first kappa shape index (κ1) is 12.5. The zero-order chi connectivity index (χ0) is 12.3. The quantitative estimate of drug-likeness (QED) is 0.877. The fourth-order valence-corrected chi connectivity index (χ4v) is 2.35. The van der Waals surface area contributed by atoms with Crippen LogP contribution in [0.15, 0.2) is 18.2 Å². The summed E-state index contributed by atoms with van der Waals surface area (Å²) >= 11 is 0. The lowest BCUT2D eigenvalue weighted by molar-refractivity contribution is 0.00382. The summed E-state index contributed by atoms with van der Waals surface area (Å²) < 4.78 is 18.8. The minimum Gasteiger partial charge on any atom is -0.372 e. The van der Waals surface area contributed by atoms with E-state index in [0.29, 0.717) is 6.61 Å². The van der Waals surface area contributed by atoms with Crippen molar-refractivity contribution in [2.45, 2.75) is 51.4 Å². The molecule has 1 aliphatic rings. The lowest BCUT2D eigenvalue weighted by Crippen LogP contribution is -2.39. The Bertz CT molecular complexity index is 380. The van der Waals surface area contributed by atoms with Crippen LogP contribution in [-0.4, -0.2) is 12.1 Å². The van der Waals surface area contributed by atoms with Crippen LogP contribution in [0.5, 0.6) is 0 Å². The molecule has 1 fully saturated rings. The first-order valence-corrected chi connectivity index (χ1v) is 6.29. The van der Waals surface area contributed by atoms with E-state index in [-0.39, 0.29) is 18.0 Å². The Labute approximate surface area is 102 Å². The highest BCUT2D eigenvalue weighted by atomic mass is 19.1. The minimum atomic E-state index is -0.194. The third kappa shape index (κ3) is 3.27. The van der Waals surface area contributed by atoms with E-state index in [4.69, 9.17) is 10.5 Å². The van der Waals surface area contributed by atoms with Gasteiger partial charge in [-0.3, -0.25) is 0 Å². The molecule has 3 heteroatoms. The third-order valence-electron chi connectivity index (χ3n) is 3.51. The Morgan fingerprint density at radius 3 is 2.82 bits per heavy atom. The molecule has 0 amide bonds. The molecule has 0 heterocycles. The molecule has 0 aliphatic heterocycles. The highest BCUT2D eigenvalue weighted by molar-refractivity contribution is 5.25. The molecule has 0 bridgehead atoms. The summed E-state index contributed by atoms with van der Waals surface area (Å²) in [6.07, 6.45) is 4.65. The molecule has 1 aliphatic carbocycles. The van der Waals surface area contributed by atoms with E-state index >= 15 is 0 Å². The molecule has 0 aromatic heterocycles. The van der Waals surface area contributed by atoms with Crippen molar-refractivity contribution in [3.63, 3.8) is 0 Å². The minimum absolute atomic E-state index is 0.157. The number of nitrogens with two attached hydrogens (primary N) is 1. The standard InChI is InChI=1S/C14H20FNO/c1-10-8-12(15)7-6-11(10)9-17-14-5-3-2-4-13(14)16/h6-8,13-14H,2-5,9,16H2,1H3. The van der Waals surface area contributed by atoms with Gasteiger partial charge in [0.05, 0.1) is 12.7 Å². The molecule has 0 saturated heterocycles. The van der Waals surface area contributed by atoms with Gasteiger partial charge in [0.25, 0.3) is 0 Å². The van der Waals surface area contributed by atoms with Gasteiger partial charge in [-0.05, 0) is 43.0 Å². The second-order valence-corrected chi connectivity index (χ2v) is 4.87. The lowest BCUT2D eigenvalue weighted by Gasteiger charge is -2.28. The predicted octanol–water partition coefficient (Wildman–Crippen LogP) is 2.92. The maximum Gasteiger partial charge on any atom is 0.123 e. The van der Waals surface area contributed by atoms with Crippen LogP contribution in [0.2, 0.25) is 0 Å². The molecule has 1 saturated carbocycles. The van der Waals surface area contributed by atoms with E-state index in [2.05, 4.69) is 0 Å². The van der Waals surface area contributed by atoms with Gasteiger partial charge in [0.15, 0.2) is 0 Å². The second-order valence-electron chi connectivity index (χ2n) is 4.87. The Kier molecular flexibility index (Phi) is 4.13. The molecule has 2 atom stereocenters. The van der Waals surface area contributed by atoms with Crippen LogP contribution in [0.4, 0.5) is 4.39 Å². The monoisotopic (exact) mass is 237 g/mol. The molecule has 0 radical (unpaired) electrons. The second kappa shape index (κ2) is 5.61. The number of benzene rings is 1. The van der Waals surface area contributed by atoms with Gasteiger partial charge in [0.1, 0.15) is 5.82 Å². The zero-order valence-corrected chi connectivity index (χ0v) is 10.3. The van der Waals surface area contributed by atoms with E-state index in [0.717, 1.165) is 24.0 Å². The molecule has 2 N–H and O–H groups in total. The van der Waals surface area contributed by atoms with Crippen molar-refractivity contribution < 1.29 is 9.13 Å². The Morgan fingerprint density at radius 2 is 2.12 bits per heavy atom. The van der Waals surface area contributed by atoms with Gasteiger partial charge in [-0.15, -0.1) is 0 Å². The Balaban J connectivity index is 1.92. The van der Waals surface area contributed by atoms with Crippen LogP contribution in [0.3, 0.4) is 0 Å². The van der Waals surface area contributed by atoms with Gasteiger partial charge in [-0.1, -0.05) is 18.9 Å². The van der Waals surface area contributed by atoms with E-state index < -0.39 is 0 Å². The van der Waals surface area contributed by atoms with Crippen LogP contribution in [0.25, 0.3) is 0 Å². The summed E-state index contributed by atoms with van der Waals surface area (Å²) in [5.74, 6) is -0.194.